The van der Waals surface area contributed by atoms with Crippen molar-refractivity contribution in [1.82, 2.24) is 5.32 Å². The van der Waals surface area contributed by atoms with Gasteiger partial charge in [0.15, 0.2) is 0 Å². The van der Waals surface area contributed by atoms with Crippen molar-refractivity contribution in [2.75, 3.05) is 0 Å². The van der Waals surface area contributed by atoms with Gasteiger partial charge >= 0.3 is 0 Å². The van der Waals surface area contributed by atoms with Gasteiger partial charge in [-0.25, -0.2) is 4.39 Å². The van der Waals surface area contributed by atoms with E-state index in [1.807, 2.05) is 18.2 Å². The lowest BCUT2D eigenvalue weighted by Crippen LogP contribution is -2.17. The number of hydrogen-bond acceptors (Lipinski definition) is 2. The van der Waals surface area contributed by atoms with Crippen LogP contribution in [0.25, 0.3) is 0 Å². The van der Waals surface area contributed by atoms with E-state index < -0.39 is 0 Å². The van der Waals surface area contributed by atoms with Crippen molar-refractivity contribution < 1.29 is 4.39 Å². The minimum Gasteiger partial charge on any atom is -0.305 e. The first-order valence-electron chi connectivity index (χ1n) is 5.27. The van der Waals surface area contributed by atoms with Crippen LogP contribution in [0, 0.1) is 5.82 Å². The van der Waals surface area contributed by atoms with Crippen LogP contribution in [0.3, 0.4) is 0 Å². The summed E-state index contributed by atoms with van der Waals surface area (Å²) in [4.78, 5) is 1.31. The molecule has 0 unspecified atom stereocenters. The van der Waals surface area contributed by atoms with Crippen LogP contribution < -0.4 is 5.32 Å². The van der Waals surface area contributed by atoms with Gasteiger partial charge in [0.2, 0.25) is 0 Å². The van der Waals surface area contributed by atoms with Gasteiger partial charge in [-0.3, -0.25) is 0 Å². The Balaban J connectivity index is 1.93. The van der Waals surface area contributed by atoms with Gasteiger partial charge in [0.05, 0.1) is 0 Å². The zero-order valence-electron chi connectivity index (χ0n) is 9.11. The first-order valence-corrected chi connectivity index (χ1v) is 6.15. The summed E-state index contributed by atoms with van der Waals surface area (Å²) in [5.41, 5.74) is 1.11. The van der Waals surface area contributed by atoms with Crippen LogP contribution in [0.2, 0.25) is 0 Å². The molecule has 0 aliphatic heterocycles. The van der Waals surface area contributed by atoms with Gasteiger partial charge in [-0.15, -0.1) is 11.3 Å². The highest BCUT2D eigenvalue weighted by atomic mass is 32.1. The zero-order valence-corrected chi connectivity index (χ0v) is 9.93. The summed E-state index contributed by atoms with van der Waals surface area (Å²) in [6, 6.07) is 11.0. The summed E-state index contributed by atoms with van der Waals surface area (Å²) in [5.74, 6) is -0.186. The van der Waals surface area contributed by atoms with E-state index in [9.17, 15) is 4.39 Å². The third-order valence-corrected chi connectivity index (χ3v) is 3.41. The van der Waals surface area contributed by atoms with Gasteiger partial charge in [-0.1, -0.05) is 18.2 Å². The van der Waals surface area contributed by atoms with E-state index in [1.165, 1.54) is 17.0 Å². The molecule has 1 heterocycles. The van der Waals surface area contributed by atoms with Crippen LogP contribution in [0.5, 0.6) is 0 Å². The molecule has 16 heavy (non-hydrogen) atoms. The number of hydrogen-bond donors (Lipinski definition) is 1. The Hall–Kier alpha value is -1.19. The van der Waals surface area contributed by atoms with Gasteiger partial charge in [0, 0.05) is 17.5 Å². The first-order chi connectivity index (χ1) is 7.75. The minimum atomic E-state index is -0.186. The highest BCUT2D eigenvalue weighted by Crippen LogP contribution is 2.15. The van der Waals surface area contributed by atoms with Crippen LogP contribution in [-0.4, -0.2) is 0 Å². The third-order valence-electron chi connectivity index (χ3n) is 2.53. The molecule has 1 atom stereocenters. The van der Waals surface area contributed by atoms with Gasteiger partial charge < -0.3 is 5.32 Å². The molecule has 1 N–H and O–H groups in total. The van der Waals surface area contributed by atoms with E-state index in [2.05, 4.69) is 23.7 Å². The summed E-state index contributed by atoms with van der Waals surface area (Å²) in [6.45, 7) is 2.94. The van der Waals surface area contributed by atoms with Crippen molar-refractivity contribution in [1.29, 1.82) is 0 Å². The third kappa shape index (κ3) is 2.90. The number of nitrogens with one attached hydrogen (secondary N) is 1. The second kappa shape index (κ2) is 5.23. The quantitative estimate of drug-likeness (QED) is 0.851. The van der Waals surface area contributed by atoms with E-state index in [1.54, 1.807) is 11.3 Å². The molecule has 0 saturated carbocycles. The fourth-order valence-corrected chi connectivity index (χ4v) is 2.19. The molecule has 0 aliphatic carbocycles. The SMILES string of the molecule is C[C@@H](NCc1cccs1)c1ccc(F)cc1. The standard InChI is InChI=1S/C13H14FNS/c1-10(11-4-6-12(14)7-5-11)15-9-13-3-2-8-16-13/h2-8,10,15H,9H2,1H3/t10-/m1/s1. The molecule has 0 saturated heterocycles. The molecule has 0 fully saturated rings. The van der Waals surface area contributed by atoms with Crippen LogP contribution in [0.15, 0.2) is 41.8 Å². The van der Waals surface area contributed by atoms with Gasteiger partial charge in [0.25, 0.3) is 0 Å². The predicted octanol–water partition coefficient (Wildman–Crippen LogP) is 3.74. The highest BCUT2D eigenvalue weighted by molar-refractivity contribution is 7.09. The molecular formula is C13H14FNS. The maximum absolute atomic E-state index is 12.7. The molecule has 2 rings (SSSR count). The van der Waals surface area contributed by atoms with E-state index in [-0.39, 0.29) is 11.9 Å². The second-order valence-corrected chi connectivity index (χ2v) is 4.77. The van der Waals surface area contributed by atoms with Crippen molar-refractivity contribution in [3.8, 4) is 0 Å². The van der Waals surface area contributed by atoms with Crippen LogP contribution in [0.4, 0.5) is 4.39 Å². The van der Waals surface area contributed by atoms with E-state index in [0.29, 0.717) is 0 Å². The van der Waals surface area contributed by atoms with Crippen molar-refractivity contribution in [2.24, 2.45) is 0 Å². The zero-order chi connectivity index (χ0) is 11.4. The Kier molecular flexibility index (Phi) is 3.70. The molecule has 1 aromatic carbocycles. The van der Waals surface area contributed by atoms with E-state index >= 15 is 0 Å². The highest BCUT2D eigenvalue weighted by Gasteiger charge is 2.04. The summed E-state index contributed by atoms with van der Waals surface area (Å²) < 4.78 is 12.7. The Bertz CT molecular complexity index is 422. The molecule has 2 aromatic rings. The van der Waals surface area contributed by atoms with Crippen molar-refractivity contribution in [3.05, 3.63) is 58.0 Å². The smallest absolute Gasteiger partial charge is 0.123 e. The maximum Gasteiger partial charge on any atom is 0.123 e. The molecule has 0 bridgehead atoms. The number of benzene rings is 1. The number of halogens is 1. The molecule has 0 amide bonds. The Morgan fingerprint density at radius 3 is 2.62 bits per heavy atom. The van der Waals surface area contributed by atoms with E-state index in [0.717, 1.165) is 12.1 Å². The topological polar surface area (TPSA) is 12.0 Å². The summed E-state index contributed by atoms with van der Waals surface area (Å²) in [5, 5.41) is 5.48. The van der Waals surface area contributed by atoms with E-state index in [4.69, 9.17) is 0 Å². The largest absolute Gasteiger partial charge is 0.305 e. The molecular weight excluding hydrogens is 221 g/mol. The van der Waals surface area contributed by atoms with Gasteiger partial charge in [-0.05, 0) is 36.1 Å². The Morgan fingerprint density at radius 1 is 1.25 bits per heavy atom. The molecule has 0 radical (unpaired) electrons. The Morgan fingerprint density at radius 2 is 2.00 bits per heavy atom. The van der Waals surface area contributed by atoms with Crippen LogP contribution in [0.1, 0.15) is 23.4 Å². The fraction of sp³-hybridized carbons (Fsp3) is 0.231. The monoisotopic (exact) mass is 235 g/mol. The molecule has 84 valence electrons. The summed E-state index contributed by atoms with van der Waals surface area (Å²) in [7, 11) is 0. The van der Waals surface area contributed by atoms with Crippen molar-refractivity contribution in [3.63, 3.8) is 0 Å². The van der Waals surface area contributed by atoms with Crippen molar-refractivity contribution in [2.45, 2.75) is 19.5 Å². The predicted molar refractivity (Wildman–Crippen MR) is 66.0 cm³/mol. The average Bonchev–Trinajstić information content (AvgIpc) is 2.80. The fourth-order valence-electron chi connectivity index (χ4n) is 1.54. The van der Waals surface area contributed by atoms with Crippen LogP contribution >= 0.6 is 11.3 Å². The number of thiophene rings is 1. The lowest BCUT2D eigenvalue weighted by Gasteiger charge is -2.13. The van der Waals surface area contributed by atoms with Gasteiger partial charge in [-0.2, -0.15) is 0 Å². The normalized spacial score (nSPS) is 12.6. The lowest BCUT2D eigenvalue weighted by molar-refractivity contribution is 0.575. The molecule has 1 nitrogen and oxygen atoms in total. The van der Waals surface area contributed by atoms with Crippen LogP contribution in [-0.2, 0) is 6.54 Å². The first kappa shape index (κ1) is 11.3. The molecule has 0 aliphatic rings. The number of rotatable bonds is 4. The lowest BCUT2D eigenvalue weighted by atomic mass is 10.1. The molecule has 3 heteroatoms. The maximum atomic E-state index is 12.7. The summed E-state index contributed by atoms with van der Waals surface area (Å²) in [6.07, 6.45) is 0. The van der Waals surface area contributed by atoms with Crippen molar-refractivity contribution >= 4 is 11.3 Å². The molecule has 1 aromatic heterocycles. The average molecular weight is 235 g/mol. The minimum absolute atomic E-state index is 0.186. The summed E-state index contributed by atoms with van der Waals surface area (Å²) >= 11 is 1.74. The van der Waals surface area contributed by atoms with Gasteiger partial charge in [0.1, 0.15) is 5.82 Å². The Labute approximate surface area is 98.9 Å². The molecule has 0 spiro atoms. The second-order valence-electron chi connectivity index (χ2n) is 3.73.